The molecule has 0 saturated carbocycles. The van der Waals surface area contributed by atoms with Gasteiger partial charge in [-0.05, 0) is 19.9 Å². The zero-order valence-electron chi connectivity index (χ0n) is 12.9. The minimum Gasteiger partial charge on any atom is -0.486 e. The van der Waals surface area contributed by atoms with Crippen molar-refractivity contribution in [3.63, 3.8) is 0 Å². The van der Waals surface area contributed by atoms with E-state index in [1.54, 1.807) is 4.90 Å². The van der Waals surface area contributed by atoms with Crippen LogP contribution in [0.2, 0.25) is 0 Å². The van der Waals surface area contributed by atoms with Crippen LogP contribution in [0.15, 0.2) is 12.1 Å². The number of hydrogen-bond donors (Lipinski definition) is 1. The summed E-state index contributed by atoms with van der Waals surface area (Å²) in [6, 6.07) is 2.92. The van der Waals surface area contributed by atoms with Gasteiger partial charge in [-0.1, -0.05) is 0 Å². The molecule has 23 heavy (non-hydrogen) atoms. The van der Waals surface area contributed by atoms with Crippen LogP contribution in [0.5, 0.6) is 11.5 Å². The molecule has 8 heteroatoms. The highest BCUT2D eigenvalue weighted by Gasteiger charge is 2.31. The Morgan fingerprint density at radius 1 is 1.35 bits per heavy atom. The normalized spacial score (nSPS) is 20.2. The summed E-state index contributed by atoms with van der Waals surface area (Å²) in [7, 11) is 1.85. The van der Waals surface area contributed by atoms with E-state index in [-0.39, 0.29) is 23.2 Å². The van der Waals surface area contributed by atoms with Crippen molar-refractivity contribution in [3.05, 3.63) is 27.8 Å². The third-order valence-corrected chi connectivity index (χ3v) is 4.20. The average Bonchev–Trinajstić information content (AvgIpc) is 2.59. The van der Waals surface area contributed by atoms with Gasteiger partial charge in [-0.25, -0.2) is 0 Å². The number of likely N-dealkylation sites (N-methyl/N-ethyl adjacent to an activating group) is 1. The molecule has 1 amide bonds. The maximum atomic E-state index is 12.8. The molecular formula is C15H19N3O5. The first kappa shape index (κ1) is 15.5. The second-order valence-corrected chi connectivity index (χ2v) is 5.65. The fourth-order valence-electron chi connectivity index (χ4n) is 2.97. The number of benzene rings is 1. The fraction of sp³-hybridized carbons (Fsp3) is 0.533. The highest BCUT2D eigenvalue weighted by molar-refractivity contribution is 5.99. The molecule has 1 unspecified atom stereocenters. The predicted molar refractivity (Wildman–Crippen MR) is 82.1 cm³/mol. The first-order valence-corrected chi connectivity index (χ1v) is 7.64. The molecule has 0 spiro atoms. The number of piperidine rings is 1. The molecule has 2 aliphatic heterocycles. The van der Waals surface area contributed by atoms with Gasteiger partial charge in [0.1, 0.15) is 18.8 Å². The molecule has 1 aromatic carbocycles. The Morgan fingerprint density at radius 2 is 2.04 bits per heavy atom. The van der Waals surface area contributed by atoms with Crippen molar-refractivity contribution in [2.24, 2.45) is 0 Å². The smallest absolute Gasteiger partial charge is 0.286 e. The minimum atomic E-state index is -0.551. The van der Waals surface area contributed by atoms with E-state index in [1.165, 1.54) is 12.1 Å². The van der Waals surface area contributed by atoms with Gasteiger partial charge in [0.05, 0.1) is 11.0 Å². The monoisotopic (exact) mass is 321 g/mol. The van der Waals surface area contributed by atoms with Crippen molar-refractivity contribution in [3.8, 4) is 11.5 Å². The van der Waals surface area contributed by atoms with Crippen LogP contribution in [-0.2, 0) is 0 Å². The van der Waals surface area contributed by atoms with Crippen LogP contribution < -0.4 is 14.8 Å². The molecule has 0 aliphatic carbocycles. The number of nitrogens with zero attached hydrogens (tertiary/aromatic N) is 2. The van der Waals surface area contributed by atoms with E-state index < -0.39 is 4.92 Å². The standard InChI is InChI=1S/C15H19N3O5/c1-16-10-3-2-4-17(9-10)15(19)11-7-13-14(23-6-5-22-13)8-12(11)18(20)21/h7-8,10,16H,2-6,9H2,1H3. The Hall–Kier alpha value is -2.35. The van der Waals surface area contributed by atoms with Gasteiger partial charge in [-0.2, -0.15) is 0 Å². The van der Waals surface area contributed by atoms with Gasteiger partial charge in [0.2, 0.25) is 0 Å². The fourth-order valence-corrected chi connectivity index (χ4v) is 2.97. The lowest BCUT2D eigenvalue weighted by molar-refractivity contribution is -0.385. The molecule has 1 fully saturated rings. The van der Waals surface area contributed by atoms with Crippen molar-refractivity contribution in [1.29, 1.82) is 0 Å². The maximum Gasteiger partial charge on any atom is 0.286 e. The van der Waals surface area contributed by atoms with Gasteiger partial charge in [0.15, 0.2) is 11.5 Å². The maximum absolute atomic E-state index is 12.8. The van der Waals surface area contributed by atoms with Crippen LogP contribution in [0.1, 0.15) is 23.2 Å². The molecule has 2 heterocycles. The number of nitro groups is 1. The van der Waals surface area contributed by atoms with Crippen LogP contribution in [-0.4, -0.2) is 55.1 Å². The first-order chi connectivity index (χ1) is 11.1. The summed E-state index contributed by atoms with van der Waals surface area (Å²) in [6.07, 6.45) is 1.86. The van der Waals surface area contributed by atoms with Gasteiger partial charge in [0, 0.05) is 25.2 Å². The lowest BCUT2D eigenvalue weighted by atomic mass is 10.0. The Labute approximate surface area is 133 Å². The van der Waals surface area contributed by atoms with Gasteiger partial charge in [-0.3, -0.25) is 14.9 Å². The van der Waals surface area contributed by atoms with Gasteiger partial charge >= 0.3 is 0 Å². The number of likely N-dealkylation sites (tertiary alicyclic amines) is 1. The van der Waals surface area contributed by atoms with Crippen molar-refractivity contribution in [2.45, 2.75) is 18.9 Å². The van der Waals surface area contributed by atoms with Crippen LogP contribution in [0.3, 0.4) is 0 Å². The number of nitrogens with one attached hydrogen (secondary N) is 1. The van der Waals surface area contributed by atoms with Crippen LogP contribution >= 0.6 is 0 Å². The summed E-state index contributed by atoms with van der Waals surface area (Å²) < 4.78 is 10.8. The molecule has 3 rings (SSSR count). The molecule has 1 atom stereocenters. The Kier molecular flexibility index (Phi) is 4.33. The zero-order valence-corrected chi connectivity index (χ0v) is 12.9. The first-order valence-electron chi connectivity index (χ1n) is 7.64. The topological polar surface area (TPSA) is 93.9 Å². The van der Waals surface area contributed by atoms with E-state index in [0.29, 0.717) is 37.8 Å². The van der Waals surface area contributed by atoms with Gasteiger partial charge in [-0.15, -0.1) is 0 Å². The summed E-state index contributed by atoms with van der Waals surface area (Å²) in [6.45, 7) is 1.85. The predicted octanol–water partition coefficient (Wildman–Crippen LogP) is 1.19. The van der Waals surface area contributed by atoms with Crippen molar-refractivity contribution < 1.29 is 19.2 Å². The summed E-state index contributed by atoms with van der Waals surface area (Å²) in [4.78, 5) is 25.2. The Balaban J connectivity index is 1.94. The number of fused-ring (bicyclic) bond motifs is 1. The summed E-state index contributed by atoms with van der Waals surface area (Å²) in [5.74, 6) is 0.354. The third-order valence-electron chi connectivity index (χ3n) is 4.20. The molecule has 1 saturated heterocycles. The average molecular weight is 321 g/mol. The van der Waals surface area contributed by atoms with E-state index >= 15 is 0 Å². The van der Waals surface area contributed by atoms with Crippen LogP contribution in [0.25, 0.3) is 0 Å². The lowest BCUT2D eigenvalue weighted by Crippen LogP contribution is -2.47. The Morgan fingerprint density at radius 3 is 2.70 bits per heavy atom. The van der Waals surface area contributed by atoms with Crippen molar-refractivity contribution in [2.75, 3.05) is 33.4 Å². The van der Waals surface area contributed by atoms with E-state index in [0.717, 1.165) is 12.8 Å². The van der Waals surface area contributed by atoms with E-state index in [1.807, 2.05) is 7.05 Å². The molecule has 0 bridgehead atoms. The summed E-state index contributed by atoms with van der Waals surface area (Å²) >= 11 is 0. The van der Waals surface area contributed by atoms with Crippen LogP contribution in [0.4, 0.5) is 5.69 Å². The molecule has 1 aromatic rings. The number of carbonyl (C=O) groups excluding carboxylic acids is 1. The number of rotatable bonds is 3. The van der Waals surface area contributed by atoms with Gasteiger partial charge < -0.3 is 19.7 Å². The molecule has 8 nitrogen and oxygen atoms in total. The van der Waals surface area contributed by atoms with E-state index in [4.69, 9.17) is 9.47 Å². The molecule has 124 valence electrons. The number of ether oxygens (including phenoxy) is 2. The van der Waals surface area contributed by atoms with E-state index in [9.17, 15) is 14.9 Å². The summed E-state index contributed by atoms with van der Waals surface area (Å²) in [5, 5.41) is 14.5. The number of nitro benzene ring substituents is 1. The molecular weight excluding hydrogens is 302 g/mol. The molecule has 0 aromatic heterocycles. The largest absolute Gasteiger partial charge is 0.486 e. The van der Waals surface area contributed by atoms with Crippen molar-refractivity contribution in [1.82, 2.24) is 10.2 Å². The molecule has 0 radical (unpaired) electrons. The summed E-state index contributed by atoms with van der Waals surface area (Å²) in [5.41, 5.74) is -0.193. The third kappa shape index (κ3) is 3.07. The second kappa shape index (κ2) is 6.41. The SMILES string of the molecule is CNC1CCCN(C(=O)c2cc3c(cc2[N+](=O)[O-])OCCO3)C1. The van der Waals surface area contributed by atoms with E-state index in [2.05, 4.69) is 5.32 Å². The number of carbonyl (C=O) groups is 1. The zero-order chi connectivity index (χ0) is 16.4. The molecule has 2 aliphatic rings. The highest BCUT2D eigenvalue weighted by Crippen LogP contribution is 2.37. The second-order valence-electron chi connectivity index (χ2n) is 5.65. The minimum absolute atomic E-state index is 0.0519. The van der Waals surface area contributed by atoms with Crippen molar-refractivity contribution >= 4 is 11.6 Å². The number of hydrogen-bond acceptors (Lipinski definition) is 6. The molecule has 1 N–H and O–H groups in total. The Bertz CT molecular complexity index is 634. The quantitative estimate of drug-likeness (QED) is 0.664. The highest BCUT2D eigenvalue weighted by atomic mass is 16.6. The number of amides is 1. The lowest BCUT2D eigenvalue weighted by Gasteiger charge is -2.32. The van der Waals surface area contributed by atoms with Gasteiger partial charge in [0.25, 0.3) is 11.6 Å². The van der Waals surface area contributed by atoms with Crippen LogP contribution in [0, 0.1) is 10.1 Å².